The summed E-state index contributed by atoms with van der Waals surface area (Å²) in [5.41, 5.74) is 4.90. The van der Waals surface area contributed by atoms with E-state index in [9.17, 15) is 24.3 Å². The minimum Gasteiger partial charge on any atom is -0.480 e. The zero-order valence-electron chi connectivity index (χ0n) is 20.9. The van der Waals surface area contributed by atoms with E-state index in [2.05, 4.69) is 0 Å². The quantitative estimate of drug-likeness (QED) is 0.320. The summed E-state index contributed by atoms with van der Waals surface area (Å²) in [5.74, 6) is -2.49. The summed E-state index contributed by atoms with van der Waals surface area (Å²) < 4.78 is 16.0. The van der Waals surface area contributed by atoms with Crippen LogP contribution in [0.1, 0.15) is 72.8 Å². The first-order valence-electron chi connectivity index (χ1n) is 11.5. The predicted octanol–water partition coefficient (Wildman–Crippen LogP) is 3.65. The Morgan fingerprint density at radius 3 is 1.91 bits per heavy atom. The lowest BCUT2D eigenvalue weighted by molar-refractivity contribution is -0.153. The summed E-state index contributed by atoms with van der Waals surface area (Å²) >= 11 is 0. The first kappa shape index (κ1) is 29.1. The summed E-state index contributed by atoms with van der Waals surface area (Å²) in [4.78, 5) is 48.0. The third kappa shape index (κ3) is 9.91. The minimum absolute atomic E-state index is 0.0125. The molecular weight excluding hydrogens is 442 g/mol. The zero-order valence-corrected chi connectivity index (χ0v) is 20.9. The van der Waals surface area contributed by atoms with Gasteiger partial charge in [-0.15, -0.1) is 0 Å². The zero-order chi connectivity index (χ0) is 26.1. The van der Waals surface area contributed by atoms with E-state index in [0.29, 0.717) is 5.56 Å². The molecule has 0 aliphatic carbocycles. The number of esters is 3. The van der Waals surface area contributed by atoms with Crippen molar-refractivity contribution in [2.24, 2.45) is 17.6 Å². The van der Waals surface area contributed by atoms with Gasteiger partial charge in [-0.1, -0.05) is 40.7 Å². The maximum Gasteiger partial charge on any atom is 0.324 e. The van der Waals surface area contributed by atoms with Crippen LogP contribution in [0.25, 0.3) is 0 Å². The number of nitrogens with two attached hydrogens (primary N) is 1. The van der Waals surface area contributed by atoms with Crippen LogP contribution in [0.15, 0.2) is 18.2 Å². The van der Waals surface area contributed by atoms with E-state index in [1.807, 2.05) is 27.7 Å². The lowest BCUT2D eigenvalue weighted by Crippen LogP contribution is -2.52. The number of hydrogen-bond acceptors (Lipinski definition) is 8. The van der Waals surface area contributed by atoms with Crippen LogP contribution in [0.3, 0.4) is 0 Å². The molecule has 0 spiro atoms. The van der Waals surface area contributed by atoms with Crippen LogP contribution in [-0.4, -0.2) is 40.6 Å². The summed E-state index contributed by atoms with van der Waals surface area (Å²) in [6.45, 7) is 10.7. The van der Waals surface area contributed by atoms with Crippen molar-refractivity contribution < 1.29 is 38.5 Å². The molecule has 1 aromatic carbocycles. The van der Waals surface area contributed by atoms with E-state index in [1.54, 1.807) is 19.9 Å². The standard InChI is InChI=1S/C25H37NO8/c1-7-21(27)32-17(6)13-25(26,24(30)31)14-18-8-9-19(33-22(28)10-15(2)3)20(12-18)34-23(29)11-16(4)5/h8-9,12,15-17H,7,10-11,13-14,26H2,1-6H3,(H,30,31)/t17-,25?/m0/s1. The molecule has 0 fully saturated rings. The normalized spacial score (nSPS) is 13.8. The molecule has 0 heterocycles. The number of carbonyl (C=O) groups is 4. The Morgan fingerprint density at radius 1 is 0.912 bits per heavy atom. The highest BCUT2D eigenvalue weighted by Crippen LogP contribution is 2.32. The van der Waals surface area contributed by atoms with Crippen molar-refractivity contribution in [2.75, 3.05) is 0 Å². The number of carboxylic acid groups (broad SMARTS) is 1. The number of carboxylic acids is 1. The molecule has 1 unspecified atom stereocenters. The van der Waals surface area contributed by atoms with Gasteiger partial charge in [0.2, 0.25) is 0 Å². The number of rotatable bonds is 13. The molecule has 9 heteroatoms. The summed E-state index contributed by atoms with van der Waals surface area (Å²) in [7, 11) is 0. The maximum absolute atomic E-state index is 12.3. The van der Waals surface area contributed by atoms with Crippen LogP contribution >= 0.6 is 0 Å². The fourth-order valence-corrected chi connectivity index (χ4v) is 3.28. The van der Waals surface area contributed by atoms with Crippen LogP contribution in [0, 0.1) is 11.8 Å². The smallest absolute Gasteiger partial charge is 0.324 e. The van der Waals surface area contributed by atoms with E-state index in [-0.39, 0.29) is 55.4 Å². The molecule has 34 heavy (non-hydrogen) atoms. The van der Waals surface area contributed by atoms with E-state index >= 15 is 0 Å². The molecule has 0 aliphatic heterocycles. The molecule has 2 atom stereocenters. The topological polar surface area (TPSA) is 142 Å². The summed E-state index contributed by atoms with van der Waals surface area (Å²) in [6, 6.07) is 4.46. The number of aliphatic carboxylic acids is 1. The molecule has 0 saturated carbocycles. The summed E-state index contributed by atoms with van der Waals surface area (Å²) in [6.07, 6.45) is -0.474. The molecule has 0 radical (unpaired) electrons. The van der Waals surface area contributed by atoms with Crippen molar-refractivity contribution in [1.82, 2.24) is 0 Å². The molecule has 1 rings (SSSR count). The van der Waals surface area contributed by atoms with Crippen LogP contribution in [0.5, 0.6) is 11.5 Å². The Kier molecular flexibility index (Phi) is 11.2. The second kappa shape index (κ2) is 13.1. The third-order valence-corrected chi connectivity index (χ3v) is 4.82. The van der Waals surface area contributed by atoms with E-state index in [1.165, 1.54) is 12.1 Å². The van der Waals surface area contributed by atoms with Gasteiger partial charge in [0.1, 0.15) is 11.6 Å². The van der Waals surface area contributed by atoms with Gasteiger partial charge >= 0.3 is 23.9 Å². The Morgan fingerprint density at radius 2 is 1.44 bits per heavy atom. The lowest BCUT2D eigenvalue weighted by Gasteiger charge is -2.28. The molecule has 0 aromatic heterocycles. The summed E-state index contributed by atoms with van der Waals surface area (Å²) in [5, 5.41) is 9.79. The van der Waals surface area contributed by atoms with E-state index < -0.39 is 35.5 Å². The molecular formula is C25H37NO8. The van der Waals surface area contributed by atoms with Gasteiger partial charge in [-0.2, -0.15) is 0 Å². The van der Waals surface area contributed by atoms with Crippen molar-refractivity contribution >= 4 is 23.9 Å². The first-order chi connectivity index (χ1) is 15.7. The molecule has 9 nitrogen and oxygen atoms in total. The fourth-order valence-electron chi connectivity index (χ4n) is 3.28. The largest absolute Gasteiger partial charge is 0.480 e. The highest BCUT2D eigenvalue weighted by molar-refractivity contribution is 5.80. The van der Waals surface area contributed by atoms with Gasteiger partial charge < -0.3 is 25.1 Å². The lowest BCUT2D eigenvalue weighted by atomic mass is 9.86. The van der Waals surface area contributed by atoms with Crippen LogP contribution < -0.4 is 15.2 Å². The minimum atomic E-state index is -1.75. The Labute approximate surface area is 200 Å². The monoisotopic (exact) mass is 479 g/mol. The van der Waals surface area contributed by atoms with Gasteiger partial charge in [-0.05, 0) is 36.5 Å². The SMILES string of the molecule is CCC(=O)O[C@@H](C)CC(N)(Cc1ccc(OC(=O)CC(C)C)c(OC(=O)CC(C)C)c1)C(=O)O. The average molecular weight is 480 g/mol. The number of hydrogen-bond donors (Lipinski definition) is 2. The Hall–Kier alpha value is -2.94. The molecule has 0 aliphatic rings. The maximum atomic E-state index is 12.3. The van der Waals surface area contributed by atoms with Crippen LogP contribution in [0.4, 0.5) is 0 Å². The van der Waals surface area contributed by atoms with Gasteiger partial charge in [-0.25, -0.2) is 0 Å². The van der Waals surface area contributed by atoms with Crippen LogP contribution in [0.2, 0.25) is 0 Å². The Balaban J connectivity index is 3.21. The average Bonchev–Trinajstić information content (AvgIpc) is 2.68. The Bertz CT molecular complexity index is 880. The number of ether oxygens (including phenoxy) is 3. The molecule has 3 N–H and O–H groups in total. The molecule has 0 bridgehead atoms. The van der Waals surface area contributed by atoms with Crippen molar-refractivity contribution in [3.8, 4) is 11.5 Å². The van der Waals surface area contributed by atoms with Crippen molar-refractivity contribution in [2.45, 2.75) is 85.3 Å². The van der Waals surface area contributed by atoms with Gasteiger partial charge in [0.15, 0.2) is 11.5 Å². The van der Waals surface area contributed by atoms with E-state index in [4.69, 9.17) is 19.9 Å². The van der Waals surface area contributed by atoms with Crippen LogP contribution in [-0.2, 0) is 30.3 Å². The third-order valence-electron chi connectivity index (χ3n) is 4.82. The van der Waals surface area contributed by atoms with Gasteiger partial charge in [0, 0.05) is 32.1 Å². The van der Waals surface area contributed by atoms with Gasteiger partial charge in [0.05, 0.1) is 0 Å². The molecule has 0 amide bonds. The highest BCUT2D eigenvalue weighted by atomic mass is 16.6. The number of benzene rings is 1. The van der Waals surface area contributed by atoms with Crippen molar-refractivity contribution in [3.05, 3.63) is 23.8 Å². The van der Waals surface area contributed by atoms with Gasteiger partial charge in [0.25, 0.3) is 0 Å². The fraction of sp³-hybridized carbons (Fsp3) is 0.600. The molecule has 1 aromatic rings. The van der Waals surface area contributed by atoms with Crippen molar-refractivity contribution in [1.29, 1.82) is 0 Å². The first-order valence-corrected chi connectivity index (χ1v) is 11.5. The second-order valence-corrected chi connectivity index (χ2v) is 9.42. The second-order valence-electron chi connectivity index (χ2n) is 9.42. The van der Waals surface area contributed by atoms with Gasteiger partial charge in [-0.3, -0.25) is 19.2 Å². The number of carbonyl (C=O) groups excluding carboxylic acids is 3. The molecule has 0 saturated heterocycles. The van der Waals surface area contributed by atoms with E-state index in [0.717, 1.165) is 0 Å². The molecule has 190 valence electrons. The highest BCUT2D eigenvalue weighted by Gasteiger charge is 2.37. The predicted molar refractivity (Wildman–Crippen MR) is 125 cm³/mol. The van der Waals surface area contributed by atoms with Crippen molar-refractivity contribution in [3.63, 3.8) is 0 Å².